The Morgan fingerprint density at radius 1 is 1.03 bits per heavy atom. The minimum absolute atomic E-state index is 0.0863. The molecule has 0 saturated carbocycles. The van der Waals surface area contributed by atoms with E-state index in [9.17, 15) is 9.59 Å². The van der Waals surface area contributed by atoms with Crippen LogP contribution in [0.1, 0.15) is 32.0 Å². The van der Waals surface area contributed by atoms with Gasteiger partial charge < -0.3 is 10.1 Å². The van der Waals surface area contributed by atoms with Gasteiger partial charge in [-0.2, -0.15) is 5.10 Å². The van der Waals surface area contributed by atoms with E-state index < -0.39 is 5.97 Å². The van der Waals surface area contributed by atoms with Gasteiger partial charge in [-0.05, 0) is 42.8 Å². The summed E-state index contributed by atoms with van der Waals surface area (Å²) in [4.78, 5) is 29.0. The summed E-state index contributed by atoms with van der Waals surface area (Å²) in [6.07, 6.45) is 3.33. The van der Waals surface area contributed by atoms with Gasteiger partial charge in [0.05, 0.1) is 5.69 Å². The number of benzene rings is 2. The van der Waals surface area contributed by atoms with Crippen LogP contribution >= 0.6 is 0 Å². The van der Waals surface area contributed by atoms with Crippen molar-refractivity contribution in [1.29, 1.82) is 0 Å². The van der Waals surface area contributed by atoms with E-state index in [2.05, 4.69) is 15.4 Å². The summed E-state index contributed by atoms with van der Waals surface area (Å²) in [5.74, 6) is -0.685. The Kier molecular flexibility index (Phi) is 5.03. The van der Waals surface area contributed by atoms with Gasteiger partial charge in [0.1, 0.15) is 12.2 Å². The van der Waals surface area contributed by atoms with E-state index in [0.29, 0.717) is 22.5 Å². The van der Waals surface area contributed by atoms with Crippen LogP contribution in [0.25, 0.3) is 5.65 Å². The molecule has 0 aliphatic carbocycles. The third-order valence-electron chi connectivity index (χ3n) is 4.39. The van der Waals surface area contributed by atoms with Crippen molar-refractivity contribution < 1.29 is 14.3 Å². The highest BCUT2D eigenvalue weighted by atomic mass is 16.5. The van der Waals surface area contributed by atoms with Crippen LogP contribution in [0.5, 0.6) is 0 Å². The zero-order valence-corrected chi connectivity index (χ0v) is 15.7. The quantitative estimate of drug-likeness (QED) is 0.529. The molecule has 0 aliphatic heterocycles. The summed E-state index contributed by atoms with van der Waals surface area (Å²) in [5.41, 5.74) is 3.39. The van der Waals surface area contributed by atoms with Crippen molar-refractivity contribution in [1.82, 2.24) is 14.6 Å². The number of anilines is 1. The van der Waals surface area contributed by atoms with Crippen molar-refractivity contribution in [3.63, 3.8) is 0 Å². The number of carbonyl (C=O) groups is 2. The Morgan fingerprint density at radius 2 is 1.79 bits per heavy atom. The van der Waals surface area contributed by atoms with Crippen molar-refractivity contribution in [2.75, 3.05) is 5.32 Å². The predicted octanol–water partition coefficient (Wildman–Crippen LogP) is 3.65. The minimum atomic E-state index is -0.484. The van der Waals surface area contributed by atoms with Gasteiger partial charge >= 0.3 is 5.97 Å². The summed E-state index contributed by atoms with van der Waals surface area (Å²) in [6, 6.07) is 17.9. The van der Waals surface area contributed by atoms with Crippen LogP contribution in [0, 0.1) is 6.92 Å². The molecule has 7 heteroatoms. The van der Waals surface area contributed by atoms with E-state index >= 15 is 0 Å². The number of hydrogen-bond donors (Lipinski definition) is 1. The van der Waals surface area contributed by atoms with Crippen LogP contribution in [0.3, 0.4) is 0 Å². The van der Waals surface area contributed by atoms with Crippen molar-refractivity contribution in [3.8, 4) is 0 Å². The molecule has 2 aromatic heterocycles. The largest absolute Gasteiger partial charge is 0.457 e. The van der Waals surface area contributed by atoms with Crippen LogP contribution in [-0.2, 0) is 11.3 Å². The van der Waals surface area contributed by atoms with Crippen LogP contribution < -0.4 is 5.32 Å². The molecule has 0 bridgehead atoms. The highest BCUT2D eigenvalue weighted by Gasteiger charge is 2.19. The normalized spacial score (nSPS) is 10.7. The molecule has 0 spiro atoms. The lowest BCUT2D eigenvalue weighted by Gasteiger charge is -2.07. The first kappa shape index (κ1) is 18.4. The van der Waals surface area contributed by atoms with E-state index in [1.54, 1.807) is 54.2 Å². The molecule has 4 rings (SSSR count). The van der Waals surface area contributed by atoms with Crippen LogP contribution in [-0.4, -0.2) is 26.5 Å². The lowest BCUT2D eigenvalue weighted by molar-refractivity contribution is 0.0473. The van der Waals surface area contributed by atoms with Gasteiger partial charge in [-0.1, -0.05) is 30.3 Å². The van der Waals surface area contributed by atoms with E-state index in [-0.39, 0.29) is 12.5 Å². The number of ether oxygens (including phenoxy) is 1. The summed E-state index contributed by atoms with van der Waals surface area (Å²) in [6.45, 7) is 1.83. The van der Waals surface area contributed by atoms with Gasteiger partial charge in [0.15, 0.2) is 5.65 Å². The molecule has 0 unspecified atom stereocenters. The van der Waals surface area contributed by atoms with E-state index in [1.165, 1.54) is 0 Å². The third-order valence-corrected chi connectivity index (χ3v) is 4.39. The standard InChI is InChI=1S/C22H18N4O3/c1-15-19(20-23-12-5-13-26(20)25-15)22(28)29-14-16-8-10-17(11-9-16)21(27)24-18-6-3-2-4-7-18/h2-13H,14H2,1H3,(H,24,27). The van der Waals surface area contributed by atoms with Gasteiger partial charge in [0.25, 0.3) is 5.91 Å². The summed E-state index contributed by atoms with van der Waals surface area (Å²) < 4.78 is 6.97. The number of fused-ring (bicyclic) bond motifs is 1. The van der Waals surface area contributed by atoms with Crippen molar-refractivity contribution >= 4 is 23.2 Å². The van der Waals surface area contributed by atoms with Gasteiger partial charge in [-0.15, -0.1) is 0 Å². The highest BCUT2D eigenvalue weighted by molar-refractivity contribution is 6.04. The third kappa shape index (κ3) is 3.98. The molecule has 0 saturated heterocycles. The predicted molar refractivity (Wildman–Crippen MR) is 108 cm³/mol. The number of nitrogens with one attached hydrogen (secondary N) is 1. The van der Waals surface area contributed by atoms with Crippen LogP contribution in [0.4, 0.5) is 5.69 Å². The molecule has 1 amide bonds. The maximum absolute atomic E-state index is 12.5. The SMILES string of the molecule is Cc1nn2cccnc2c1C(=O)OCc1ccc(C(=O)Nc2ccccc2)cc1. The first-order chi connectivity index (χ1) is 14.1. The molecular formula is C22H18N4O3. The van der Waals surface area contributed by atoms with Gasteiger partial charge in [0.2, 0.25) is 0 Å². The molecule has 0 atom stereocenters. The average Bonchev–Trinajstić information content (AvgIpc) is 3.09. The number of hydrogen-bond acceptors (Lipinski definition) is 5. The minimum Gasteiger partial charge on any atom is -0.457 e. The van der Waals surface area contributed by atoms with Gasteiger partial charge in [-0.3, -0.25) is 4.79 Å². The molecule has 1 N–H and O–H groups in total. The number of nitrogens with zero attached hydrogens (tertiary/aromatic N) is 3. The summed E-state index contributed by atoms with van der Waals surface area (Å²) in [5, 5.41) is 7.09. The molecular weight excluding hydrogens is 368 g/mol. The van der Waals surface area contributed by atoms with E-state index in [4.69, 9.17) is 4.74 Å². The van der Waals surface area contributed by atoms with Crippen molar-refractivity contribution in [2.24, 2.45) is 0 Å². The number of carbonyl (C=O) groups excluding carboxylic acids is 2. The van der Waals surface area contributed by atoms with Gasteiger partial charge in [0, 0.05) is 23.6 Å². The second-order valence-corrected chi connectivity index (χ2v) is 6.44. The molecule has 2 heterocycles. The molecule has 0 aliphatic rings. The Morgan fingerprint density at radius 3 is 2.55 bits per heavy atom. The molecule has 144 valence electrons. The highest BCUT2D eigenvalue weighted by Crippen LogP contribution is 2.16. The second kappa shape index (κ2) is 7.93. The Balaban J connectivity index is 1.40. The number of amides is 1. The second-order valence-electron chi connectivity index (χ2n) is 6.44. The molecule has 0 fully saturated rings. The van der Waals surface area contributed by atoms with Crippen LogP contribution in [0.2, 0.25) is 0 Å². The molecule has 29 heavy (non-hydrogen) atoms. The van der Waals surface area contributed by atoms with Gasteiger partial charge in [-0.25, -0.2) is 14.3 Å². The lowest BCUT2D eigenvalue weighted by atomic mass is 10.1. The number of rotatable bonds is 5. The fourth-order valence-electron chi connectivity index (χ4n) is 2.93. The number of aromatic nitrogens is 3. The van der Waals surface area contributed by atoms with Crippen LogP contribution in [0.15, 0.2) is 73.1 Å². The molecule has 0 radical (unpaired) electrons. The summed E-state index contributed by atoms with van der Waals surface area (Å²) >= 11 is 0. The zero-order chi connectivity index (χ0) is 20.2. The lowest BCUT2D eigenvalue weighted by Crippen LogP contribution is -2.12. The maximum atomic E-state index is 12.5. The monoisotopic (exact) mass is 386 g/mol. The number of esters is 1. The molecule has 7 nitrogen and oxygen atoms in total. The fraction of sp³-hybridized carbons (Fsp3) is 0.0909. The van der Waals surface area contributed by atoms with Crippen molar-refractivity contribution in [3.05, 3.63) is 95.4 Å². The fourth-order valence-corrected chi connectivity index (χ4v) is 2.93. The van der Waals surface area contributed by atoms with E-state index in [0.717, 1.165) is 11.3 Å². The Hall–Kier alpha value is -4.00. The first-order valence-corrected chi connectivity index (χ1v) is 9.04. The topological polar surface area (TPSA) is 85.6 Å². The average molecular weight is 386 g/mol. The zero-order valence-electron chi connectivity index (χ0n) is 15.7. The molecule has 4 aromatic rings. The number of para-hydroxylation sites is 1. The smallest absolute Gasteiger partial charge is 0.344 e. The Bertz CT molecular complexity index is 1170. The van der Waals surface area contributed by atoms with Crippen molar-refractivity contribution in [2.45, 2.75) is 13.5 Å². The summed E-state index contributed by atoms with van der Waals surface area (Å²) in [7, 11) is 0. The molecule has 2 aromatic carbocycles. The van der Waals surface area contributed by atoms with E-state index in [1.807, 2.05) is 30.3 Å². The first-order valence-electron chi connectivity index (χ1n) is 9.04. The number of aryl methyl sites for hydroxylation is 1. The Labute approximate surface area is 167 Å². The maximum Gasteiger partial charge on any atom is 0.344 e.